The molecule has 0 aliphatic carbocycles. The number of hydrogen-bond acceptors (Lipinski definition) is 6. The molecule has 1 N–H and O–H groups in total. The smallest absolute Gasteiger partial charge is 0.238 e. The van der Waals surface area contributed by atoms with Crippen LogP contribution in [0, 0.1) is 5.82 Å². The van der Waals surface area contributed by atoms with Crippen LogP contribution in [0.4, 0.5) is 10.1 Å². The van der Waals surface area contributed by atoms with Crippen molar-refractivity contribution in [3.05, 3.63) is 84.2 Å². The molecular formula is C22H18FN3O4. The summed E-state index contributed by atoms with van der Waals surface area (Å²) in [6.45, 7) is 0.255. The second-order valence-electron chi connectivity index (χ2n) is 6.48. The second-order valence-corrected chi connectivity index (χ2v) is 6.48. The lowest BCUT2D eigenvalue weighted by Gasteiger charge is -2.09. The number of nitrogens with one attached hydrogen (secondary N) is 1. The van der Waals surface area contributed by atoms with Gasteiger partial charge in [0.05, 0.1) is 6.26 Å². The molecule has 2 aromatic heterocycles. The van der Waals surface area contributed by atoms with Crippen molar-refractivity contribution in [2.45, 2.75) is 19.4 Å². The maximum absolute atomic E-state index is 13.2. The first-order valence-corrected chi connectivity index (χ1v) is 9.29. The minimum Gasteiger partial charge on any atom is -0.489 e. The minimum absolute atomic E-state index is 0.184. The van der Waals surface area contributed by atoms with Crippen LogP contribution in [0.25, 0.3) is 11.6 Å². The molecule has 2 heterocycles. The van der Waals surface area contributed by atoms with E-state index in [0.717, 1.165) is 5.56 Å². The first-order chi connectivity index (χ1) is 14.7. The fourth-order valence-electron chi connectivity index (χ4n) is 2.77. The van der Waals surface area contributed by atoms with Gasteiger partial charge in [-0.3, -0.25) is 4.79 Å². The molecule has 0 aliphatic heterocycles. The third-order valence-corrected chi connectivity index (χ3v) is 4.19. The fourth-order valence-corrected chi connectivity index (χ4v) is 2.77. The second kappa shape index (κ2) is 9.04. The highest BCUT2D eigenvalue weighted by molar-refractivity contribution is 5.90. The molecule has 0 spiro atoms. The number of benzene rings is 2. The summed E-state index contributed by atoms with van der Waals surface area (Å²) in [5.74, 6) is 1.11. The highest BCUT2D eigenvalue weighted by Crippen LogP contribution is 2.18. The van der Waals surface area contributed by atoms with E-state index in [4.69, 9.17) is 13.7 Å². The molecule has 0 aliphatic rings. The average molecular weight is 407 g/mol. The van der Waals surface area contributed by atoms with E-state index in [-0.39, 0.29) is 24.8 Å². The van der Waals surface area contributed by atoms with Crippen LogP contribution in [0.3, 0.4) is 0 Å². The summed E-state index contributed by atoms with van der Waals surface area (Å²) in [6, 6.07) is 16.7. The maximum Gasteiger partial charge on any atom is 0.238 e. The normalized spacial score (nSPS) is 10.7. The van der Waals surface area contributed by atoms with Gasteiger partial charge in [0.15, 0.2) is 5.76 Å². The number of anilines is 1. The van der Waals surface area contributed by atoms with Gasteiger partial charge in [0.2, 0.25) is 17.6 Å². The van der Waals surface area contributed by atoms with Gasteiger partial charge >= 0.3 is 0 Å². The number of rotatable bonds is 8. The predicted octanol–water partition coefficient (Wildman–Crippen LogP) is 4.62. The molecule has 7 nitrogen and oxygen atoms in total. The number of carbonyl (C=O) groups is 1. The average Bonchev–Trinajstić information content (AvgIpc) is 3.43. The molecule has 0 atom stereocenters. The summed E-state index contributed by atoms with van der Waals surface area (Å²) >= 11 is 0. The van der Waals surface area contributed by atoms with Gasteiger partial charge in [-0.1, -0.05) is 23.4 Å². The lowest BCUT2D eigenvalue weighted by atomic mass is 10.2. The zero-order valence-corrected chi connectivity index (χ0v) is 15.9. The van der Waals surface area contributed by atoms with Crippen LogP contribution in [0.2, 0.25) is 0 Å². The Balaban J connectivity index is 1.28. The van der Waals surface area contributed by atoms with E-state index in [9.17, 15) is 9.18 Å². The summed E-state index contributed by atoms with van der Waals surface area (Å²) in [7, 11) is 0. The van der Waals surface area contributed by atoms with Crippen molar-refractivity contribution in [1.82, 2.24) is 10.1 Å². The molecule has 4 aromatic rings. The summed E-state index contributed by atoms with van der Waals surface area (Å²) < 4.78 is 29.2. The molecule has 0 saturated heterocycles. The van der Waals surface area contributed by atoms with E-state index in [1.165, 1.54) is 18.4 Å². The molecular weight excluding hydrogens is 389 g/mol. The van der Waals surface area contributed by atoms with E-state index in [1.807, 2.05) is 12.1 Å². The number of carbonyl (C=O) groups excluding carboxylic acids is 1. The van der Waals surface area contributed by atoms with Crippen molar-refractivity contribution in [3.8, 4) is 17.3 Å². The Morgan fingerprint density at radius 2 is 2.00 bits per heavy atom. The molecule has 2 aromatic carbocycles. The highest BCUT2D eigenvalue weighted by atomic mass is 19.1. The van der Waals surface area contributed by atoms with E-state index < -0.39 is 0 Å². The third kappa shape index (κ3) is 5.11. The summed E-state index contributed by atoms with van der Waals surface area (Å²) in [4.78, 5) is 16.5. The number of amides is 1. The molecule has 152 valence electrons. The molecule has 0 fully saturated rings. The van der Waals surface area contributed by atoms with Crippen LogP contribution in [-0.4, -0.2) is 16.0 Å². The van der Waals surface area contributed by atoms with E-state index in [2.05, 4.69) is 15.5 Å². The van der Waals surface area contributed by atoms with Gasteiger partial charge in [0.25, 0.3) is 0 Å². The topological polar surface area (TPSA) is 90.4 Å². The Bertz CT molecular complexity index is 1120. The third-order valence-electron chi connectivity index (χ3n) is 4.19. The lowest BCUT2D eigenvalue weighted by Crippen LogP contribution is -2.12. The zero-order valence-electron chi connectivity index (χ0n) is 15.9. The number of nitrogens with zero attached hydrogens (tertiary/aromatic N) is 2. The van der Waals surface area contributed by atoms with Crippen LogP contribution in [0.5, 0.6) is 5.75 Å². The first kappa shape index (κ1) is 19.4. The van der Waals surface area contributed by atoms with Crippen LogP contribution in [0.15, 0.2) is 75.9 Å². The summed E-state index contributed by atoms with van der Waals surface area (Å²) in [5.41, 5.74) is 1.49. The molecule has 4 rings (SSSR count). The Morgan fingerprint density at radius 3 is 2.83 bits per heavy atom. The predicted molar refractivity (Wildman–Crippen MR) is 106 cm³/mol. The van der Waals surface area contributed by atoms with E-state index in [1.54, 1.807) is 36.4 Å². The maximum atomic E-state index is 13.2. The number of aryl methyl sites for hydroxylation is 1. The number of aromatic nitrogens is 2. The van der Waals surface area contributed by atoms with E-state index >= 15 is 0 Å². The number of ether oxygens (including phenoxy) is 1. The SMILES string of the molecule is O=C(CCc1nc(-c2ccco2)no1)Nc1cccc(COc2cccc(F)c2)c1. The quantitative estimate of drug-likeness (QED) is 0.458. The van der Waals surface area contributed by atoms with Crippen molar-refractivity contribution in [2.24, 2.45) is 0 Å². The van der Waals surface area contributed by atoms with Gasteiger partial charge in [-0.25, -0.2) is 4.39 Å². The summed E-state index contributed by atoms with van der Waals surface area (Å²) in [5, 5.41) is 6.67. The van der Waals surface area contributed by atoms with Crippen LogP contribution < -0.4 is 10.1 Å². The Morgan fingerprint density at radius 1 is 1.10 bits per heavy atom. The monoisotopic (exact) mass is 407 g/mol. The van der Waals surface area contributed by atoms with Crippen molar-refractivity contribution >= 4 is 11.6 Å². The number of hydrogen-bond donors (Lipinski definition) is 1. The van der Waals surface area contributed by atoms with E-state index in [0.29, 0.717) is 35.3 Å². The van der Waals surface area contributed by atoms with Crippen LogP contribution in [-0.2, 0) is 17.8 Å². The van der Waals surface area contributed by atoms with Gasteiger partial charge in [-0.15, -0.1) is 0 Å². The number of halogens is 1. The van der Waals surface area contributed by atoms with Gasteiger partial charge in [-0.05, 0) is 42.0 Å². The van der Waals surface area contributed by atoms with Gasteiger partial charge in [0.1, 0.15) is 18.2 Å². The largest absolute Gasteiger partial charge is 0.489 e. The standard InChI is InChI=1S/C22H18FN3O4/c23-16-5-2-7-18(13-16)29-14-15-4-1-6-17(12-15)24-20(27)9-10-21-25-22(26-30-21)19-8-3-11-28-19/h1-8,11-13H,9-10,14H2,(H,24,27). The molecule has 1 amide bonds. The van der Waals surface area contributed by atoms with Crippen LogP contribution in [0.1, 0.15) is 17.9 Å². The van der Waals surface area contributed by atoms with Crippen molar-refractivity contribution < 1.29 is 22.9 Å². The molecule has 0 saturated carbocycles. The van der Waals surface area contributed by atoms with Crippen LogP contribution >= 0.6 is 0 Å². The highest BCUT2D eigenvalue weighted by Gasteiger charge is 2.12. The zero-order chi connectivity index (χ0) is 20.8. The minimum atomic E-state index is -0.356. The first-order valence-electron chi connectivity index (χ1n) is 9.29. The van der Waals surface area contributed by atoms with Crippen molar-refractivity contribution in [2.75, 3.05) is 5.32 Å². The van der Waals surface area contributed by atoms with Crippen molar-refractivity contribution in [3.63, 3.8) is 0 Å². The Kier molecular flexibility index (Phi) is 5.84. The van der Waals surface area contributed by atoms with Gasteiger partial charge in [0, 0.05) is 24.6 Å². The molecule has 30 heavy (non-hydrogen) atoms. The van der Waals surface area contributed by atoms with Gasteiger partial charge in [-0.2, -0.15) is 4.98 Å². The molecule has 8 heteroatoms. The molecule has 0 bridgehead atoms. The summed E-state index contributed by atoms with van der Waals surface area (Å²) in [6.07, 6.45) is 2.02. The Labute approximate surface area is 171 Å². The molecule has 0 unspecified atom stereocenters. The Hall–Kier alpha value is -3.94. The molecule has 0 radical (unpaired) electrons. The number of furan rings is 1. The fraction of sp³-hybridized carbons (Fsp3) is 0.136. The lowest BCUT2D eigenvalue weighted by molar-refractivity contribution is -0.116. The van der Waals surface area contributed by atoms with Gasteiger partial charge < -0.3 is 19.0 Å². The van der Waals surface area contributed by atoms with Crippen molar-refractivity contribution in [1.29, 1.82) is 0 Å².